The quantitative estimate of drug-likeness (QED) is 0.385. The average molecular weight is 367 g/mol. The molecule has 0 aromatic rings. The van der Waals surface area contributed by atoms with Gasteiger partial charge in [-0.25, -0.2) is 0 Å². The number of Topliss-reactive ketones (excluding diaryl/α,β-unsaturated/α-hetero) is 2. The molecule has 0 atom stereocenters. The first kappa shape index (κ1) is 26.8. The Balaban J connectivity index is -0.000000273. The van der Waals surface area contributed by atoms with Crippen LogP contribution in [0.5, 0.6) is 0 Å². The molecule has 0 aliphatic rings. The van der Waals surface area contributed by atoms with E-state index in [9.17, 15) is 19.2 Å². The van der Waals surface area contributed by atoms with E-state index in [-0.39, 0.29) is 24.4 Å². The Morgan fingerprint density at radius 1 is 0.826 bits per heavy atom. The predicted octanol–water partition coefficient (Wildman–Crippen LogP) is 1.93. The van der Waals surface area contributed by atoms with Gasteiger partial charge in [0.2, 0.25) is 0 Å². The summed E-state index contributed by atoms with van der Waals surface area (Å²) in [4.78, 5) is 41.3. The van der Waals surface area contributed by atoms with Crippen LogP contribution in [-0.4, -0.2) is 42.8 Å². The summed E-state index contributed by atoms with van der Waals surface area (Å²) in [5.74, 6) is -1.20. The van der Waals surface area contributed by atoms with Crippen LogP contribution in [0.4, 0.5) is 0 Å². The summed E-state index contributed by atoms with van der Waals surface area (Å²) in [6.07, 6.45) is 0.178. The maximum absolute atomic E-state index is 10.4. The molecule has 0 rings (SSSR count). The molecule has 0 fully saturated rings. The van der Waals surface area contributed by atoms with Gasteiger partial charge in [0.25, 0.3) is 0 Å². The van der Waals surface area contributed by atoms with Crippen LogP contribution in [0.15, 0.2) is 0 Å². The molecule has 0 aromatic carbocycles. The minimum absolute atomic E-state index is 0.103. The third kappa shape index (κ3) is 33.7. The summed E-state index contributed by atoms with van der Waals surface area (Å²) < 4.78 is 13.7. The van der Waals surface area contributed by atoms with Gasteiger partial charge in [-0.1, -0.05) is 0 Å². The second kappa shape index (κ2) is 19.0. The van der Waals surface area contributed by atoms with Crippen LogP contribution in [0.3, 0.4) is 0 Å². The smallest absolute Gasteiger partial charge is 0.313 e. The number of hydrogen-bond acceptors (Lipinski definition) is 7. The van der Waals surface area contributed by atoms with Crippen LogP contribution < -0.4 is 0 Å². The largest absolute Gasteiger partial charge is 0.466 e. The Bertz CT molecular complexity index is 324. The zero-order valence-electron chi connectivity index (χ0n) is 14.8. The van der Waals surface area contributed by atoms with Crippen LogP contribution in [0, 0.1) is 0 Å². The number of carbonyl (C=O) groups is 4. The topological polar surface area (TPSA) is 96.0 Å². The Morgan fingerprint density at radius 2 is 1.09 bits per heavy atom. The van der Waals surface area contributed by atoms with Gasteiger partial charge >= 0.3 is 56.0 Å². The van der Waals surface area contributed by atoms with Gasteiger partial charge in [0.1, 0.15) is 24.4 Å². The molecule has 0 amide bonds. The van der Waals surface area contributed by atoms with Crippen molar-refractivity contribution in [3.05, 3.63) is 0 Å². The van der Waals surface area contributed by atoms with E-state index < -0.39 is 11.9 Å². The molecule has 0 saturated heterocycles. The molecule has 0 aromatic heterocycles. The summed E-state index contributed by atoms with van der Waals surface area (Å²) in [5, 5.41) is 0. The van der Waals surface area contributed by atoms with Gasteiger partial charge in [0, 0.05) is 0 Å². The van der Waals surface area contributed by atoms with E-state index in [2.05, 4.69) is 9.47 Å². The molecule has 0 spiro atoms. The van der Waals surface area contributed by atoms with Crippen molar-refractivity contribution in [1.29, 1.82) is 0 Å². The fourth-order valence-corrected chi connectivity index (χ4v) is 0.831. The standard InChI is InChI=1S/2C6H10O3.C3H7O.Ti/c2*1-3-9-6(8)4-5(2)7;1-3(2)4;/h2*3-4H2,1-2H3;3H,1-2H3;/q;;-1;+1. The molecule has 0 saturated carbocycles. The van der Waals surface area contributed by atoms with Crippen LogP contribution in [0.25, 0.3) is 0 Å². The summed E-state index contributed by atoms with van der Waals surface area (Å²) in [6, 6.07) is 0. The van der Waals surface area contributed by atoms with Crippen molar-refractivity contribution in [2.45, 2.75) is 60.5 Å². The van der Waals surface area contributed by atoms with Crippen molar-refractivity contribution in [1.82, 2.24) is 0 Å². The minimum atomic E-state index is -0.440. The molecule has 23 heavy (non-hydrogen) atoms. The molecule has 7 nitrogen and oxygen atoms in total. The molecule has 8 heteroatoms. The van der Waals surface area contributed by atoms with Crippen molar-refractivity contribution in [3.63, 3.8) is 0 Å². The number of esters is 2. The molecule has 0 bridgehead atoms. The summed E-state index contributed by atoms with van der Waals surface area (Å²) in [6.45, 7) is 10.8. The predicted molar refractivity (Wildman–Crippen MR) is 80.1 cm³/mol. The fourth-order valence-electron chi connectivity index (χ4n) is 0.831. The van der Waals surface area contributed by atoms with Crippen molar-refractivity contribution < 1.29 is 52.8 Å². The van der Waals surface area contributed by atoms with E-state index in [0.29, 0.717) is 19.3 Å². The van der Waals surface area contributed by atoms with Crippen molar-refractivity contribution in [2.24, 2.45) is 0 Å². The first-order chi connectivity index (χ1) is 10.6. The Kier molecular flexibility index (Phi) is 22.2. The molecule has 0 radical (unpaired) electrons. The zero-order valence-corrected chi connectivity index (χ0v) is 16.3. The summed E-state index contributed by atoms with van der Waals surface area (Å²) >= 11 is 1.70. The van der Waals surface area contributed by atoms with Crippen LogP contribution in [0.2, 0.25) is 0 Å². The van der Waals surface area contributed by atoms with E-state index in [1.54, 1.807) is 34.7 Å². The van der Waals surface area contributed by atoms with Gasteiger partial charge < -0.3 is 9.47 Å². The van der Waals surface area contributed by atoms with Crippen molar-refractivity contribution in [2.75, 3.05) is 13.2 Å². The third-order valence-electron chi connectivity index (χ3n) is 1.63. The molecular weight excluding hydrogens is 340 g/mol. The van der Waals surface area contributed by atoms with Gasteiger partial charge in [0.05, 0.1) is 13.2 Å². The third-order valence-corrected chi connectivity index (χ3v) is 2.37. The van der Waals surface area contributed by atoms with Crippen LogP contribution in [-0.2, 0) is 52.8 Å². The summed E-state index contributed by atoms with van der Waals surface area (Å²) in [5.41, 5.74) is 0. The van der Waals surface area contributed by atoms with Gasteiger partial charge in [-0.3, -0.25) is 19.2 Å². The van der Waals surface area contributed by atoms with E-state index in [0.717, 1.165) is 0 Å². The Labute approximate surface area is 150 Å². The van der Waals surface area contributed by atoms with Gasteiger partial charge in [-0.05, 0) is 27.7 Å². The SMILES string of the molecule is CC(C)[O][Ti].CCOC(=O)CC(C)=O.CCOC(=O)CC(C)=O. The van der Waals surface area contributed by atoms with Crippen LogP contribution >= 0.6 is 0 Å². The maximum Gasteiger partial charge on any atom is 0.313 e. The van der Waals surface area contributed by atoms with E-state index in [1.165, 1.54) is 13.8 Å². The Morgan fingerprint density at radius 3 is 1.22 bits per heavy atom. The maximum atomic E-state index is 10.4. The number of hydrogen-bond donors (Lipinski definition) is 0. The molecule has 0 N–H and O–H groups in total. The second-order valence-corrected chi connectivity index (χ2v) is 4.90. The molecule has 0 unspecified atom stereocenters. The van der Waals surface area contributed by atoms with E-state index >= 15 is 0 Å². The first-order valence-electron chi connectivity index (χ1n) is 7.23. The average Bonchev–Trinajstić information content (AvgIpc) is 2.38. The molecule has 133 valence electrons. The molecule has 0 heterocycles. The van der Waals surface area contributed by atoms with Crippen molar-refractivity contribution in [3.8, 4) is 0 Å². The minimum Gasteiger partial charge on any atom is -0.466 e. The first-order valence-corrected chi connectivity index (χ1v) is 7.86. The van der Waals surface area contributed by atoms with Crippen molar-refractivity contribution >= 4 is 23.5 Å². The number of rotatable bonds is 7. The van der Waals surface area contributed by atoms with Gasteiger partial charge in [-0.15, -0.1) is 0 Å². The fraction of sp³-hybridized carbons (Fsp3) is 0.733. The summed E-state index contributed by atoms with van der Waals surface area (Å²) in [7, 11) is 0. The number of ketones is 2. The van der Waals surface area contributed by atoms with Crippen LogP contribution in [0.1, 0.15) is 54.4 Å². The van der Waals surface area contributed by atoms with Gasteiger partial charge in [0.15, 0.2) is 0 Å². The molecule has 0 aliphatic carbocycles. The second-order valence-electron chi connectivity index (χ2n) is 4.53. The zero-order chi connectivity index (χ0) is 18.8. The molecular formula is C15H27O7Ti. The van der Waals surface area contributed by atoms with Gasteiger partial charge in [-0.2, -0.15) is 0 Å². The Hall–Kier alpha value is -1.05. The molecule has 0 aliphatic heterocycles. The van der Waals surface area contributed by atoms with E-state index in [1.807, 2.05) is 13.8 Å². The normalized spacial score (nSPS) is 8.78. The number of carbonyl (C=O) groups excluding carboxylic acids is 4. The monoisotopic (exact) mass is 367 g/mol. The van der Waals surface area contributed by atoms with E-state index in [4.69, 9.17) is 3.32 Å². The number of ether oxygens (including phenoxy) is 2.